The number of halogens is 2. The van der Waals surface area contributed by atoms with Gasteiger partial charge in [-0.1, -0.05) is 0 Å². The first-order valence-electron chi connectivity index (χ1n) is 7.91. The average Bonchev–Trinajstić information content (AvgIpc) is 3.14. The molecular formula is C15H12F2N6O6S. The first kappa shape index (κ1) is 21.0. The second-order valence-electron chi connectivity index (χ2n) is 5.60. The number of hydrogen-bond donors (Lipinski definition) is 1. The molecule has 0 spiro atoms. The quantitative estimate of drug-likeness (QED) is 0.401. The maximum Gasteiger partial charge on any atom is 0.387 e. The summed E-state index contributed by atoms with van der Waals surface area (Å²) in [6.45, 7) is -3.29. The molecule has 0 saturated carbocycles. The summed E-state index contributed by atoms with van der Waals surface area (Å²) in [5.74, 6) is -0.171. The summed E-state index contributed by atoms with van der Waals surface area (Å²) in [5.41, 5.74) is -0.228. The van der Waals surface area contributed by atoms with Crippen LogP contribution < -0.4 is 14.6 Å². The fourth-order valence-corrected chi connectivity index (χ4v) is 2.88. The Hall–Kier alpha value is -3.72. The summed E-state index contributed by atoms with van der Waals surface area (Å²) in [6.07, 6.45) is 0. The van der Waals surface area contributed by atoms with Gasteiger partial charge in [-0.2, -0.15) is 13.5 Å². The highest BCUT2D eigenvalue weighted by atomic mass is 32.2. The number of sulfonamides is 1. The van der Waals surface area contributed by atoms with Crippen LogP contribution in [0.15, 0.2) is 47.4 Å². The van der Waals surface area contributed by atoms with Gasteiger partial charge in [-0.3, -0.25) is 10.1 Å². The van der Waals surface area contributed by atoms with Crippen LogP contribution in [0.25, 0.3) is 5.69 Å². The SMILES string of the molecule is NS(=O)(=O)c1ccc(OCc2nnnn2-c2ccc(OC(F)F)cc2)c([N+](=O)[O-])c1. The lowest BCUT2D eigenvalue weighted by molar-refractivity contribution is -0.386. The highest BCUT2D eigenvalue weighted by molar-refractivity contribution is 7.89. The van der Waals surface area contributed by atoms with Crippen molar-refractivity contribution in [3.8, 4) is 17.2 Å². The van der Waals surface area contributed by atoms with Gasteiger partial charge in [0.2, 0.25) is 10.0 Å². The van der Waals surface area contributed by atoms with Crippen molar-refractivity contribution in [2.24, 2.45) is 5.14 Å². The molecule has 3 aromatic rings. The molecule has 0 aliphatic carbocycles. The fourth-order valence-electron chi connectivity index (χ4n) is 2.35. The molecule has 158 valence electrons. The molecule has 1 heterocycles. The van der Waals surface area contributed by atoms with Gasteiger partial charge in [-0.25, -0.2) is 13.6 Å². The van der Waals surface area contributed by atoms with Crippen molar-refractivity contribution in [1.82, 2.24) is 20.2 Å². The minimum Gasteiger partial charge on any atom is -0.478 e. The topological polar surface area (TPSA) is 165 Å². The lowest BCUT2D eigenvalue weighted by Gasteiger charge is -2.09. The normalized spacial score (nSPS) is 11.5. The molecule has 3 rings (SSSR count). The van der Waals surface area contributed by atoms with Crippen molar-refractivity contribution in [2.45, 2.75) is 18.1 Å². The molecule has 0 fully saturated rings. The molecule has 0 radical (unpaired) electrons. The molecule has 0 unspecified atom stereocenters. The lowest BCUT2D eigenvalue weighted by atomic mass is 10.3. The maximum atomic E-state index is 12.2. The number of nitro benzene ring substituents is 1. The Labute approximate surface area is 167 Å². The smallest absolute Gasteiger partial charge is 0.387 e. The predicted molar refractivity (Wildman–Crippen MR) is 94.6 cm³/mol. The van der Waals surface area contributed by atoms with E-state index >= 15 is 0 Å². The summed E-state index contributed by atoms with van der Waals surface area (Å²) >= 11 is 0. The Morgan fingerprint density at radius 2 is 1.90 bits per heavy atom. The molecule has 0 saturated heterocycles. The zero-order valence-electron chi connectivity index (χ0n) is 14.8. The van der Waals surface area contributed by atoms with Gasteiger partial charge in [0.15, 0.2) is 18.2 Å². The number of ether oxygens (including phenoxy) is 2. The number of rotatable bonds is 8. The van der Waals surface area contributed by atoms with E-state index < -0.39 is 32.1 Å². The van der Waals surface area contributed by atoms with Crippen LogP contribution in [0.3, 0.4) is 0 Å². The number of nitro groups is 1. The fraction of sp³-hybridized carbons (Fsp3) is 0.133. The maximum absolute atomic E-state index is 12.2. The highest BCUT2D eigenvalue weighted by Crippen LogP contribution is 2.30. The number of primary sulfonamides is 1. The van der Waals surface area contributed by atoms with Crippen LogP contribution >= 0.6 is 0 Å². The molecule has 0 amide bonds. The van der Waals surface area contributed by atoms with Gasteiger partial charge in [0, 0.05) is 6.07 Å². The molecule has 2 aromatic carbocycles. The van der Waals surface area contributed by atoms with Gasteiger partial charge in [0.05, 0.1) is 15.5 Å². The van der Waals surface area contributed by atoms with E-state index in [1.807, 2.05) is 0 Å². The Morgan fingerprint density at radius 1 is 1.20 bits per heavy atom. The average molecular weight is 442 g/mol. The number of nitrogens with two attached hydrogens (primary N) is 1. The molecule has 30 heavy (non-hydrogen) atoms. The van der Waals surface area contributed by atoms with Crippen LogP contribution in [0, 0.1) is 10.1 Å². The molecule has 0 aliphatic heterocycles. The van der Waals surface area contributed by atoms with Gasteiger partial charge < -0.3 is 9.47 Å². The molecule has 15 heteroatoms. The van der Waals surface area contributed by atoms with Crippen LogP contribution in [-0.2, 0) is 16.6 Å². The molecular weight excluding hydrogens is 430 g/mol. The summed E-state index contributed by atoms with van der Waals surface area (Å²) in [4.78, 5) is 9.97. The van der Waals surface area contributed by atoms with Crippen molar-refractivity contribution in [3.05, 3.63) is 58.4 Å². The minimum absolute atomic E-state index is 0.0646. The van der Waals surface area contributed by atoms with E-state index in [0.717, 1.165) is 18.2 Å². The van der Waals surface area contributed by atoms with Gasteiger partial charge in [-0.15, -0.1) is 5.10 Å². The number of aromatic nitrogens is 4. The van der Waals surface area contributed by atoms with E-state index in [2.05, 4.69) is 20.3 Å². The zero-order chi connectivity index (χ0) is 21.9. The van der Waals surface area contributed by atoms with Gasteiger partial charge >= 0.3 is 12.3 Å². The molecule has 0 bridgehead atoms. The Kier molecular flexibility index (Phi) is 5.84. The molecule has 1 aromatic heterocycles. The van der Waals surface area contributed by atoms with E-state index in [9.17, 15) is 27.3 Å². The van der Waals surface area contributed by atoms with Crippen LogP contribution in [0.5, 0.6) is 11.5 Å². The Bertz CT molecular complexity index is 1170. The third-order valence-corrected chi connectivity index (χ3v) is 4.56. The van der Waals surface area contributed by atoms with Crippen molar-refractivity contribution >= 4 is 15.7 Å². The van der Waals surface area contributed by atoms with Gasteiger partial charge in [0.1, 0.15) is 5.75 Å². The van der Waals surface area contributed by atoms with Crippen molar-refractivity contribution in [1.29, 1.82) is 0 Å². The lowest BCUT2D eigenvalue weighted by Crippen LogP contribution is -2.13. The largest absolute Gasteiger partial charge is 0.478 e. The summed E-state index contributed by atoms with van der Waals surface area (Å²) in [7, 11) is -4.14. The van der Waals surface area contributed by atoms with Crippen LogP contribution in [0.2, 0.25) is 0 Å². The number of nitrogens with zero attached hydrogens (tertiary/aromatic N) is 5. The van der Waals surface area contributed by atoms with Crippen molar-refractivity contribution in [3.63, 3.8) is 0 Å². The summed E-state index contributed by atoms with van der Waals surface area (Å²) in [6, 6.07) is 8.32. The number of alkyl halides is 2. The van der Waals surface area contributed by atoms with Gasteiger partial charge in [-0.05, 0) is 46.8 Å². The Balaban J connectivity index is 1.81. The standard InChI is InChI=1S/C15H12F2N6O6S/c16-15(17)29-10-3-1-9(2-4-10)22-14(19-20-21-22)8-28-13-6-5-11(30(18,26)27)7-12(13)23(24)25/h1-7,15H,8H2,(H2,18,26,27). The number of hydrogen-bond acceptors (Lipinski definition) is 9. The second-order valence-corrected chi connectivity index (χ2v) is 7.16. The van der Waals surface area contributed by atoms with E-state index in [-0.39, 0.29) is 23.9 Å². The highest BCUT2D eigenvalue weighted by Gasteiger charge is 2.21. The van der Waals surface area contributed by atoms with E-state index in [4.69, 9.17) is 9.88 Å². The minimum atomic E-state index is -4.14. The van der Waals surface area contributed by atoms with Crippen LogP contribution in [0.4, 0.5) is 14.5 Å². The number of benzene rings is 2. The van der Waals surface area contributed by atoms with Crippen molar-refractivity contribution < 1.29 is 31.6 Å². The van der Waals surface area contributed by atoms with E-state index in [0.29, 0.717) is 5.69 Å². The summed E-state index contributed by atoms with van der Waals surface area (Å²) < 4.78 is 58.1. The molecule has 12 nitrogen and oxygen atoms in total. The van der Waals surface area contributed by atoms with Crippen molar-refractivity contribution in [2.75, 3.05) is 0 Å². The second kappa shape index (κ2) is 8.34. The molecule has 0 atom stereocenters. The molecule has 0 aliphatic rings. The van der Waals surface area contributed by atoms with E-state index in [1.165, 1.54) is 28.9 Å². The first-order valence-corrected chi connectivity index (χ1v) is 9.46. The zero-order valence-corrected chi connectivity index (χ0v) is 15.6. The Morgan fingerprint density at radius 3 is 2.50 bits per heavy atom. The first-order chi connectivity index (χ1) is 14.1. The van der Waals surface area contributed by atoms with Gasteiger partial charge in [0.25, 0.3) is 0 Å². The number of tetrazole rings is 1. The third kappa shape index (κ3) is 4.81. The monoisotopic (exact) mass is 442 g/mol. The van der Waals surface area contributed by atoms with E-state index in [1.54, 1.807) is 0 Å². The summed E-state index contributed by atoms with van der Waals surface area (Å²) in [5, 5.41) is 27.2. The van der Waals surface area contributed by atoms with Crippen LogP contribution in [0.1, 0.15) is 5.82 Å². The third-order valence-electron chi connectivity index (χ3n) is 3.65. The molecule has 2 N–H and O–H groups in total. The predicted octanol–water partition coefficient (Wildman–Crippen LogP) is 1.40. The van der Waals surface area contributed by atoms with Crippen LogP contribution in [-0.4, -0.2) is 40.2 Å².